The lowest BCUT2D eigenvalue weighted by Crippen LogP contribution is -2.10. The molecule has 2 unspecified atom stereocenters. The lowest BCUT2D eigenvalue weighted by atomic mass is 9.97. The van der Waals surface area contributed by atoms with E-state index in [4.69, 9.17) is 0 Å². The summed E-state index contributed by atoms with van der Waals surface area (Å²) >= 11 is 0. The van der Waals surface area contributed by atoms with Crippen molar-refractivity contribution >= 4 is 9.24 Å². The standard InChI is InChI=1S/C8H19P/c1-4-7(5-2)8(9)6-3/h7-8H,4-6,9H2,1-3H3. The van der Waals surface area contributed by atoms with E-state index in [0.717, 1.165) is 11.6 Å². The molecular formula is C8H19P. The van der Waals surface area contributed by atoms with Crippen molar-refractivity contribution < 1.29 is 0 Å². The Balaban J connectivity index is 3.50. The summed E-state index contributed by atoms with van der Waals surface area (Å²) in [5, 5.41) is 0. The molecule has 0 aromatic heterocycles. The van der Waals surface area contributed by atoms with Crippen LogP contribution in [0.1, 0.15) is 40.0 Å². The summed E-state index contributed by atoms with van der Waals surface area (Å²) in [5.41, 5.74) is 0.847. The van der Waals surface area contributed by atoms with E-state index < -0.39 is 0 Å². The first-order chi connectivity index (χ1) is 4.26. The summed E-state index contributed by atoms with van der Waals surface area (Å²) in [6, 6.07) is 0. The third kappa shape index (κ3) is 3.20. The highest BCUT2D eigenvalue weighted by Gasteiger charge is 2.09. The van der Waals surface area contributed by atoms with Gasteiger partial charge in [-0.1, -0.05) is 33.6 Å². The fourth-order valence-electron chi connectivity index (χ4n) is 1.23. The molecule has 0 saturated carbocycles. The molecule has 0 N–H and O–H groups in total. The molecule has 0 fully saturated rings. The Morgan fingerprint density at radius 1 is 1.00 bits per heavy atom. The topological polar surface area (TPSA) is 0 Å². The number of rotatable bonds is 4. The van der Waals surface area contributed by atoms with E-state index in [-0.39, 0.29) is 0 Å². The first-order valence-electron chi connectivity index (χ1n) is 4.01. The van der Waals surface area contributed by atoms with Crippen LogP contribution in [0.15, 0.2) is 0 Å². The third-order valence-corrected chi connectivity index (χ3v) is 3.14. The van der Waals surface area contributed by atoms with Crippen LogP contribution in [0.2, 0.25) is 0 Å². The Morgan fingerprint density at radius 2 is 1.44 bits per heavy atom. The molecule has 0 radical (unpaired) electrons. The van der Waals surface area contributed by atoms with Crippen molar-refractivity contribution in [3.8, 4) is 0 Å². The summed E-state index contributed by atoms with van der Waals surface area (Å²) in [5.74, 6) is 0.931. The molecule has 0 rings (SSSR count). The summed E-state index contributed by atoms with van der Waals surface area (Å²) in [4.78, 5) is 0. The summed E-state index contributed by atoms with van der Waals surface area (Å²) < 4.78 is 0. The predicted molar refractivity (Wildman–Crippen MR) is 47.9 cm³/mol. The van der Waals surface area contributed by atoms with Crippen molar-refractivity contribution in [2.24, 2.45) is 5.92 Å². The van der Waals surface area contributed by atoms with Crippen molar-refractivity contribution in [1.82, 2.24) is 0 Å². The number of hydrogen-bond acceptors (Lipinski definition) is 0. The van der Waals surface area contributed by atoms with Crippen molar-refractivity contribution in [2.45, 2.75) is 45.7 Å². The normalized spacial score (nSPS) is 14.3. The molecule has 0 aliphatic rings. The molecule has 0 aliphatic heterocycles. The maximum atomic E-state index is 2.94. The minimum atomic E-state index is 0.847. The van der Waals surface area contributed by atoms with Gasteiger partial charge < -0.3 is 0 Å². The fourth-order valence-corrected chi connectivity index (χ4v) is 1.77. The largest absolute Gasteiger partial charge is 0.134 e. The van der Waals surface area contributed by atoms with Crippen LogP contribution in [0.4, 0.5) is 0 Å². The van der Waals surface area contributed by atoms with Crippen molar-refractivity contribution in [2.75, 3.05) is 0 Å². The second-order valence-electron chi connectivity index (χ2n) is 2.65. The van der Waals surface area contributed by atoms with Gasteiger partial charge in [-0.15, -0.1) is 9.24 Å². The second kappa shape index (κ2) is 5.23. The quantitative estimate of drug-likeness (QED) is 0.535. The average molecular weight is 146 g/mol. The molecule has 2 atom stereocenters. The Morgan fingerprint density at radius 3 is 1.56 bits per heavy atom. The maximum absolute atomic E-state index is 2.94. The highest BCUT2D eigenvalue weighted by atomic mass is 31.0. The van der Waals surface area contributed by atoms with Crippen molar-refractivity contribution in [3.05, 3.63) is 0 Å². The molecule has 56 valence electrons. The van der Waals surface area contributed by atoms with Crippen LogP contribution in [-0.2, 0) is 0 Å². The molecular weight excluding hydrogens is 127 g/mol. The van der Waals surface area contributed by atoms with E-state index in [0.29, 0.717) is 0 Å². The van der Waals surface area contributed by atoms with Gasteiger partial charge >= 0.3 is 0 Å². The molecule has 1 heteroatoms. The summed E-state index contributed by atoms with van der Waals surface area (Å²) in [6.07, 6.45) is 3.97. The fraction of sp³-hybridized carbons (Fsp3) is 1.00. The molecule has 0 aromatic carbocycles. The van der Waals surface area contributed by atoms with Gasteiger partial charge in [-0.25, -0.2) is 0 Å². The SMILES string of the molecule is CCC(P)C(CC)CC. The lowest BCUT2D eigenvalue weighted by Gasteiger charge is -2.18. The minimum absolute atomic E-state index is 0.847. The van der Waals surface area contributed by atoms with Gasteiger partial charge in [0.05, 0.1) is 0 Å². The Kier molecular flexibility index (Phi) is 5.48. The first-order valence-corrected chi connectivity index (χ1v) is 4.68. The van der Waals surface area contributed by atoms with Crippen molar-refractivity contribution in [1.29, 1.82) is 0 Å². The predicted octanol–water partition coefficient (Wildman–Crippen LogP) is 3.08. The number of hydrogen-bond donors (Lipinski definition) is 0. The first kappa shape index (κ1) is 9.43. The van der Waals surface area contributed by atoms with Crippen LogP contribution < -0.4 is 0 Å². The molecule has 0 heterocycles. The van der Waals surface area contributed by atoms with Gasteiger partial charge in [-0.05, 0) is 18.0 Å². The van der Waals surface area contributed by atoms with E-state index in [1.807, 2.05) is 0 Å². The zero-order valence-corrected chi connectivity index (χ0v) is 8.01. The van der Waals surface area contributed by atoms with E-state index in [1.165, 1.54) is 19.3 Å². The molecule has 0 nitrogen and oxygen atoms in total. The van der Waals surface area contributed by atoms with E-state index in [1.54, 1.807) is 0 Å². The molecule has 9 heavy (non-hydrogen) atoms. The molecule has 0 amide bonds. The van der Waals surface area contributed by atoms with E-state index in [2.05, 4.69) is 30.0 Å². The summed E-state index contributed by atoms with van der Waals surface area (Å²) in [6.45, 7) is 6.82. The zero-order chi connectivity index (χ0) is 7.28. The second-order valence-corrected chi connectivity index (χ2v) is 3.50. The van der Waals surface area contributed by atoms with Crippen molar-refractivity contribution in [3.63, 3.8) is 0 Å². The van der Waals surface area contributed by atoms with Crippen LogP contribution in [0.5, 0.6) is 0 Å². The molecule has 0 bridgehead atoms. The monoisotopic (exact) mass is 146 g/mol. The maximum Gasteiger partial charge on any atom is -0.0239 e. The van der Waals surface area contributed by atoms with Gasteiger partial charge in [0.25, 0.3) is 0 Å². The molecule has 0 aliphatic carbocycles. The van der Waals surface area contributed by atoms with Gasteiger partial charge in [0.1, 0.15) is 0 Å². The zero-order valence-electron chi connectivity index (χ0n) is 6.85. The van der Waals surface area contributed by atoms with Gasteiger partial charge in [-0.2, -0.15) is 0 Å². The van der Waals surface area contributed by atoms with Gasteiger partial charge in [0.15, 0.2) is 0 Å². The van der Waals surface area contributed by atoms with Crippen LogP contribution in [0.3, 0.4) is 0 Å². The highest BCUT2D eigenvalue weighted by Crippen LogP contribution is 2.22. The Hall–Kier alpha value is 0.430. The van der Waals surface area contributed by atoms with Crippen LogP contribution in [0, 0.1) is 5.92 Å². The Bertz CT molecular complexity index is 57.6. The highest BCUT2D eigenvalue weighted by molar-refractivity contribution is 7.17. The molecule has 0 aromatic rings. The summed E-state index contributed by atoms with van der Waals surface area (Å²) in [7, 11) is 2.94. The third-order valence-electron chi connectivity index (χ3n) is 2.13. The molecule has 0 saturated heterocycles. The van der Waals surface area contributed by atoms with Crippen LogP contribution in [0.25, 0.3) is 0 Å². The van der Waals surface area contributed by atoms with Crippen LogP contribution >= 0.6 is 9.24 Å². The van der Waals surface area contributed by atoms with E-state index in [9.17, 15) is 0 Å². The lowest BCUT2D eigenvalue weighted by molar-refractivity contribution is 0.463. The Labute approximate surface area is 61.6 Å². The smallest absolute Gasteiger partial charge is 0.0239 e. The minimum Gasteiger partial charge on any atom is -0.134 e. The molecule has 0 spiro atoms. The van der Waals surface area contributed by atoms with Gasteiger partial charge in [0, 0.05) is 0 Å². The van der Waals surface area contributed by atoms with Gasteiger partial charge in [0.2, 0.25) is 0 Å². The van der Waals surface area contributed by atoms with Crippen LogP contribution in [-0.4, -0.2) is 5.66 Å². The van der Waals surface area contributed by atoms with Gasteiger partial charge in [-0.3, -0.25) is 0 Å². The average Bonchev–Trinajstić information content (AvgIpc) is 1.90. The van der Waals surface area contributed by atoms with E-state index >= 15 is 0 Å².